The van der Waals surface area contributed by atoms with Crippen molar-refractivity contribution in [3.05, 3.63) is 54.1 Å². The van der Waals surface area contributed by atoms with Crippen LogP contribution in [0.4, 0.5) is 0 Å². The minimum atomic E-state index is 0.248. The molecule has 0 heterocycles. The quantitative estimate of drug-likeness (QED) is 0.768. The zero-order valence-electron chi connectivity index (χ0n) is 13.2. The third-order valence-electron chi connectivity index (χ3n) is 3.36. The third kappa shape index (κ3) is 4.14. The maximum Gasteiger partial charge on any atom is 0.192 e. The molecule has 1 unspecified atom stereocenters. The lowest BCUT2D eigenvalue weighted by atomic mass is 10.2. The van der Waals surface area contributed by atoms with Crippen LogP contribution in [0.5, 0.6) is 5.75 Å². The van der Waals surface area contributed by atoms with Crippen molar-refractivity contribution in [3.8, 4) is 5.75 Å². The monoisotopic (exact) mass is 274 g/mol. The first kappa shape index (κ1) is 16.3. The first-order chi connectivity index (χ1) is 9.53. The smallest absolute Gasteiger partial charge is 0.192 e. The standard InChI is InChI=1S/C17H26N2O/c1-7-17(14(4)18-6)19(8-2)15(5)20-16-11-9-13(3)10-12-16/h7,9-12,14,18H,5,8H2,1-4,6H3/b17-7-. The second-order valence-corrected chi connectivity index (χ2v) is 4.78. The van der Waals surface area contributed by atoms with Crippen LogP contribution in [-0.2, 0) is 0 Å². The van der Waals surface area contributed by atoms with E-state index in [1.807, 2.05) is 38.2 Å². The molecule has 1 aromatic rings. The molecule has 1 rings (SSSR count). The van der Waals surface area contributed by atoms with E-state index in [-0.39, 0.29) is 6.04 Å². The second-order valence-electron chi connectivity index (χ2n) is 4.78. The fourth-order valence-corrected chi connectivity index (χ4v) is 2.09. The van der Waals surface area contributed by atoms with Crippen molar-refractivity contribution in [3.63, 3.8) is 0 Å². The Morgan fingerprint density at radius 3 is 2.45 bits per heavy atom. The summed E-state index contributed by atoms with van der Waals surface area (Å²) in [5.41, 5.74) is 2.38. The maximum absolute atomic E-state index is 5.86. The molecule has 0 spiro atoms. The van der Waals surface area contributed by atoms with Gasteiger partial charge in [0, 0.05) is 18.3 Å². The van der Waals surface area contributed by atoms with Crippen molar-refractivity contribution < 1.29 is 4.74 Å². The van der Waals surface area contributed by atoms with Crippen LogP contribution in [0.25, 0.3) is 0 Å². The van der Waals surface area contributed by atoms with Gasteiger partial charge in [-0.25, -0.2) is 0 Å². The van der Waals surface area contributed by atoms with Gasteiger partial charge < -0.3 is 15.0 Å². The van der Waals surface area contributed by atoms with Crippen LogP contribution < -0.4 is 10.1 Å². The van der Waals surface area contributed by atoms with Crippen molar-refractivity contribution in [1.29, 1.82) is 0 Å². The molecule has 1 aromatic carbocycles. The summed E-state index contributed by atoms with van der Waals surface area (Å²) in [5.74, 6) is 1.46. The molecule has 0 aromatic heterocycles. The van der Waals surface area contributed by atoms with E-state index in [2.05, 4.69) is 43.6 Å². The molecule has 20 heavy (non-hydrogen) atoms. The van der Waals surface area contributed by atoms with Gasteiger partial charge in [0.15, 0.2) is 5.88 Å². The van der Waals surface area contributed by atoms with Gasteiger partial charge >= 0.3 is 0 Å². The highest BCUT2D eigenvalue weighted by Gasteiger charge is 2.16. The topological polar surface area (TPSA) is 24.5 Å². The number of allylic oxidation sites excluding steroid dienone is 1. The molecule has 3 nitrogen and oxygen atoms in total. The molecular weight excluding hydrogens is 248 g/mol. The van der Waals surface area contributed by atoms with Crippen molar-refractivity contribution >= 4 is 0 Å². The van der Waals surface area contributed by atoms with Crippen molar-refractivity contribution in [2.75, 3.05) is 13.6 Å². The van der Waals surface area contributed by atoms with Crippen LogP contribution in [0, 0.1) is 6.92 Å². The predicted octanol–water partition coefficient (Wildman–Crippen LogP) is 3.68. The number of ether oxygens (including phenoxy) is 1. The average molecular weight is 274 g/mol. The summed E-state index contributed by atoms with van der Waals surface area (Å²) >= 11 is 0. The lowest BCUT2D eigenvalue weighted by Crippen LogP contribution is -2.35. The van der Waals surface area contributed by atoms with E-state index in [0.29, 0.717) is 5.88 Å². The normalized spacial score (nSPS) is 12.9. The van der Waals surface area contributed by atoms with Crippen molar-refractivity contribution in [1.82, 2.24) is 10.2 Å². The Bertz CT molecular complexity index is 462. The van der Waals surface area contributed by atoms with Gasteiger partial charge in [0.1, 0.15) is 5.75 Å². The van der Waals surface area contributed by atoms with Gasteiger partial charge in [-0.3, -0.25) is 0 Å². The lowest BCUT2D eigenvalue weighted by molar-refractivity contribution is 0.252. The van der Waals surface area contributed by atoms with Gasteiger partial charge in [-0.15, -0.1) is 0 Å². The van der Waals surface area contributed by atoms with Crippen LogP contribution in [0.1, 0.15) is 26.3 Å². The third-order valence-corrected chi connectivity index (χ3v) is 3.36. The molecule has 0 radical (unpaired) electrons. The van der Waals surface area contributed by atoms with Gasteiger partial charge in [0.2, 0.25) is 0 Å². The summed E-state index contributed by atoms with van der Waals surface area (Å²) in [6, 6.07) is 8.24. The molecule has 0 amide bonds. The van der Waals surface area contributed by atoms with Crippen LogP contribution in [0.2, 0.25) is 0 Å². The number of nitrogens with one attached hydrogen (secondary N) is 1. The highest BCUT2D eigenvalue weighted by Crippen LogP contribution is 2.20. The van der Waals surface area contributed by atoms with E-state index in [4.69, 9.17) is 4.74 Å². The molecule has 0 fully saturated rings. The highest BCUT2D eigenvalue weighted by atomic mass is 16.5. The van der Waals surface area contributed by atoms with E-state index in [9.17, 15) is 0 Å². The first-order valence-electron chi connectivity index (χ1n) is 7.07. The van der Waals surface area contributed by atoms with Gasteiger partial charge in [0.25, 0.3) is 0 Å². The molecule has 0 aliphatic carbocycles. The summed E-state index contributed by atoms with van der Waals surface area (Å²) in [6.07, 6.45) is 2.09. The van der Waals surface area contributed by atoms with E-state index in [0.717, 1.165) is 18.0 Å². The molecule has 1 N–H and O–H groups in total. The van der Waals surface area contributed by atoms with Crippen LogP contribution >= 0.6 is 0 Å². The number of hydrogen-bond donors (Lipinski definition) is 1. The summed E-state index contributed by atoms with van der Waals surface area (Å²) in [7, 11) is 1.95. The summed E-state index contributed by atoms with van der Waals surface area (Å²) in [6.45, 7) is 13.2. The molecule has 110 valence electrons. The highest BCUT2D eigenvalue weighted by molar-refractivity contribution is 5.28. The largest absolute Gasteiger partial charge is 0.441 e. The molecule has 0 saturated heterocycles. The number of likely N-dealkylation sites (N-methyl/N-ethyl adjacent to an activating group) is 2. The molecular formula is C17H26N2O. The lowest BCUT2D eigenvalue weighted by Gasteiger charge is -2.30. The first-order valence-corrected chi connectivity index (χ1v) is 7.07. The van der Waals surface area contributed by atoms with E-state index < -0.39 is 0 Å². The average Bonchev–Trinajstić information content (AvgIpc) is 2.46. The van der Waals surface area contributed by atoms with Gasteiger partial charge in [-0.1, -0.05) is 23.8 Å². The number of aryl methyl sites for hydroxylation is 1. The Labute approximate surface area is 122 Å². The summed E-state index contributed by atoms with van der Waals surface area (Å²) < 4.78 is 5.86. The minimum Gasteiger partial charge on any atom is -0.441 e. The number of rotatable bonds is 7. The second kappa shape index (κ2) is 7.75. The Kier molecular flexibility index (Phi) is 6.32. The zero-order valence-corrected chi connectivity index (χ0v) is 13.2. The molecule has 1 atom stereocenters. The van der Waals surface area contributed by atoms with Crippen molar-refractivity contribution in [2.45, 2.75) is 33.7 Å². The summed E-state index contributed by atoms with van der Waals surface area (Å²) in [4.78, 5) is 2.08. The van der Waals surface area contributed by atoms with E-state index in [1.54, 1.807) is 0 Å². The molecule has 0 bridgehead atoms. The fourth-order valence-electron chi connectivity index (χ4n) is 2.09. The minimum absolute atomic E-state index is 0.248. The van der Waals surface area contributed by atoms with Crippen molar-refractivity contribution in [2.24, 2.45) is 0 Å². The fraction of sp³-hybridized carbons (Fsp3) is 0.412. The Balaban J connectivity index is 2.84. The molecule has 3 heteroatoms. The van der Waals surface area contributed by atoms with E-state index in [1.165, 1.54) is 5.56 Å². The Morgan fingerprint density at radius 2 is 2.00 bits per heavy atom. The van der Waals surface area contributed by atoms with Gasteiger partial charge in [-0.2, -0.15) is 0 Å². The van der Waals surface area contributed by atoms with Crippen LogP contribution in [0.3, 0.4) is 0 Å². The van der Waals surface area contributed by atoms with Gasteiger partial charge in [-0.05, 0) is 53.5 Å². The summed E-state index contributed by atoms with van der Waals surface area (Å²) in [5, 5.41) is 3.25. The Hall–Kier alpha value is -1.74. The number of benzene rings is 1. The maximum atomic E-state index is 5.86. The number of hydrogen-bond acceptors (Lipinski definition) is 3. The van der Waals surface area contributed by atoms with Crippen LogP contribution in [0.15, 0.2) is 48.5 Å². The zero-order chi connectivity index (χ0) is 15.1. The predicted molar refractivity (Wildman–Crippen MR) is 85.6 cm³/mol. The molecule has 0 aliphatic heterocycles. The molecule has 0 aliphatic rings. The van der Waals surface area contributed by atoms with E-state index >= 15 is 0 Å². The SMILES string of the molecule is C=C(Oc1ccc(C)cc1)N(CC)/C(=C\C)C(C)NC. The van der Waals surface area contributed by atoms with Crippen LogP contribution in [-0.4, -0.2) is 24.5 Å². The number of nitrogens with zero attached hydrogens (tertiary/aromatic N) is 1. The van der Waals surface area contributed by atoms with Gasteiger partial charge in [0.05, 0.1) is 0 Å². The molecule has 0 saturated carbocycles. The Morgan fingerprint density at radius 1 is 1.40 bits per heavy atom.